The van der Waals surface area contributed by atoms with Crippen LogP contribution in [0.5, 0.6) is 0 Å². The Hall–Kier alpha value is -2.80. The lowest BCUT2D eigenvalue weighted by Crippen LogP contribution is -2.14. The molecule has 2 aromatic rings. The van der Waals surface area contributed by atoms with Crippen LogP contribution in [-0.2, 0) is 19.2 Å². The number of hydrogen-bond acceptors (Lipinski definition) is 4. The molecule has 0 heterocycles. The monoisotopic (exact) mass is 422 g/mol. The lowest BCUT2D eigenvalue weighted by Gasteiger charge is -2.29. The van der Waals surface area contributed by atoms with Gasteiger partial charge in [-0.2, -0.15) is 19.2 Å². The predicted octanol–water partition coefficient (Wildman–Crippen LogP) is 6.55. The van der Waals surface area contributed by atoms with Gasteiger partial charge in [0.2, 0.25) is 0 Å². The average molecular weight is 423 g/mol. The Morgan fingerprint density at radius 1 is 0.581 bits per heavy atom. The van der Waals surface area contributed by atoms with E-state index in [0.29, 0.717) is 0 Å². The van der Waals surface area contributed by atoms with Crippen LogP contribution in [0.2, 0.25) is 0 Å². The van der Waals surface area contributed by atoms with E-state index in [9.17, 15) is 0 Å². The first kappa shape index (κ1) is 26.2. The zero-order valence-electron chi connectivity index (χ0n) is 18.5. The molecular weight excluding hydrogens is 388 g/mol. The summed E-state index contributed by atoms with van der Waals surface area (Å²) in [6, 6.07) is 22.0. The zero-order valence-corrected chi connectivity index (χ0v) is 18.5. The molecule has 4 heteroatoms. The van der Waals surface area contributed by atoms with Crippen molar-refractivity contribution >= 4 is 12.3 Å². The summed E-state index contributed by atoms with van der Waals surface area (Å²) in [5.74, 6) is 2.58. The number of rotatable bonds is 2. The third-order valence-electron chi connectivity index (χ3n) is 6.22. The van der Waals surface area contributed by atoms with Crippen molar-refractivity contribution < 1.29 is 19.2 Å². The molecule has 0 spiro atoms. The highest BCUT2D eigenvalue weighted by Crippen LogP contribution is 2.37. The van der Waals surface area contributed by atoms with E-state index in [4.69, 9.17) is 19.2 Å². The second-order valence-electron chi connectivity index (χ2n) is 8.19. The van der Waals surface area contributed by atoms with Crippen LogP contribution in [0.15, 0.2) is 60.7 Å². The average Bonchev–Trinajstić information content (AvgIpc) is 2.83. The van der Waals surface area contributed by atoms with Crippen LogP contribution < -0.4 is 0 Å². The van der Waals surface area contributed by atoms with Gasteiger partial charge in [0.05, 0.1) is 0 Å². The van der Waals surface area contributed by atoms with Crippen LogP contribution in [0, 0.1) is 5.92 Å². The zero-order chi connectivity index (χ0) is 22.7. The van der Waals surface area contributed by atoms with Gasteiger partial charge in [0.25, 0.3) is 0 Å². The minimum absolute atomic E-state index is 0.250. The first-order valence-corrected chi connectivity index (χ1v) is 11.3. The molecule has 0 radical (unpaired) electrons. The maximum Gasteiger partial charge on any atom is 0.373 e. The molecule has 0 saturated heterocycles. The van der Waals surface area contributed by atoms with Crippen LogP contribution in [0.4, 0.5) is 0 Å². The van der Waals surface area contributed by atoms with Gasteiger partial charge in [0, 0.05) is 0 Å². The van der Waals surface area contributed by atoms with Crippen LogP contribution in [0.25, 0.3) is 0 Å². The summed E-state index contributed by atoms with van der Waals surface area (Å²) in [4.78, 5) is 32.5. The topological polar surface area (TPSA) is 68.3 Å². The molecule has 31 heavy (non-hydrogen) atoms. The Labute approximate surface area is 186 Å². The Morgan fingerprint density at radius 2 is 1.00 bits per heavy atom. The first-order valence-electron chi connectivity index (χ1n) is 11.3. The largest absolute Gasteiger partial charge is 0.373 e. The van der Waals surface area contributed by atoms with E-state index in [0.717, 1.165) is 17.8 Å². The SMILES string of the molecule is C[C@@H]1CCCC[C@H]1c1ccccc1.O=C=O.O=C=O.c1ccc(C2CCCCC2)cc1. The molecule has 0 aromatic heterocycles. The maximum absolute atomic E-state index is 8.12. The molecule has 2 saturated carbocycles. The smallest absolute Gasteiger partial charge is 0.186 e. The van der Waals surface area contributed by atoms with E-state index in [-0.39, 0.29) is 12.3 Å². The Morgan fingerprint density at radius 3 is 1.48 bits per heavy atom. The fourth-order valence-corrected chi connectivity index (χ4v) is 4.67. The van der Waals surface area contributed by atoms with Gasteiger partial charge in [-0.25, -0.2) is 0 Å². The van der Waals surface area contributed by atoms with Gasteiger partial charge in [0.1, 0.15) is 0 Å². The molecule has 0 aliphatic heterocycles. The van der Waals surface area contributed by atoms with Gasteiger partial charge < -0.3 is 0 Å². The highest BCUT2D eigenvalue weighted by Gasteiger charge is 2.22. The first-order chi connectivity index (χ1) is 15.2. The summed E-state index contributed by atoms with van der Waals surface area (Å²) in [7, 11) is 0. The molecule has 4 nitrogen and oxygen atoms in total. The molecule has 0 unspecified atom stereocenters. The van der Waals surface area contributed by atoms with Gasteiger partial charge in [-0.1, -0.05) is 106 Å². The maximum atomic E-state index is 8.12. The molecule has 2 atom stereocenters. The van der Waals surface area contributed by atoms with Crippen molar-refractivity contribution in [3.63, 3.8) is 0 Å². The molecule has 2 aromatic carbocycles. The molecule has 0 N–H and O–H groups in total. The van der Waals surface area contributed by atoms with Crippen molar-refractivity contribution in [2.75, 3.05) is 0 Å². The molecule has 2 fully saturated rings. The fourth-order valence-electron chi connectivity index (χ4n) is 4.67. The summed E-state index contributed by atoms with van der Waals surface area (Å²) in [5, 5.41) is 0. The van der Waals surface area contributed by atoms with Crippen molar-refractivity contribution in [1.29, 1.82) is 0 Å². The standard InChI is InChI=1S/C13H18.C12H16.2CO2/c1-11-7-5-6-10-13(11)12-8-3-2-4-9-12;1-3-7-11(8-4-1)12-9-5-2-6-10-12;2*2-1-3/h2-4,8-9,11,13H,5-7,10H2,1H3;1,3-4,7-8,12H,2,5-6,9-10H2;;/t11-,13-;;;/m1.../s1. The van der Waals surface area contributed by atoms with Crippen LogP contribution in [0.1, 0.15) is 87.7 Å². The molecular formula is C27H34O4. The van der Waals surface area contributed by atoms with Crippen LogP contribution >= 0.6 is 0 Å². The third-order valence-corrected chi connectivity index (χ3v) is 6.22. The molecule has 2 aliphatic rings. The van der Waals surface area contributed by atoms with E-state index >= 15 is 0 Å². The second-order valence-corrected chi connectivity index (χ2v) is 8.19. The highest BCUT2D eigenvalue weighted by molar-refractivity contribution is 5.21. The minimum atomic E-state index is 0.250. The van der Waals surface area contributed by atoms with Gasteiger partial charge in [-0.3, -0.25) is 0 Å². The van der Waals surface area contributed by atoms with Gasteiger partial charge in [-0.15, -0.1) is 0 Å². The quantitative estimate of drug-likeness (QED) is 0.550. The minimum Gasteiger partial charge on any atom is -0.186 e. The summed E-state index contributed by atoms with van der Waals surface area (Å²) < 4.78 is 0. The fraction of sp³-hybridized carbons (Fsp3) is 0.481. The van der Waals surface area contributed by atoms with E-state index in [2.05, 4.69) is 67.6 Å². The van der Waals surface area contributed by atoms with Crippen molar-refractivity contribution in [2.24, 2.45) is 5.92 Å². The molecule has 4 rings (SSSR count). The van der Waals surface area contributed by atoms with E-state index in [1.54, 1.807) is 11.1 Å². The normalized spacial score (nSPS) is 20.0. The van der Waals surface area contributed by atoms with Gasteiger partial charge in [0.15, 0.2) is 0 Å². The number of carbonyl (C=O) groups excluding carboxylic acids is 4. The molecule has 166 valence electrons. The molecule has 2 aliphatic carbocycles. The van der Waals surface area contributed by atoms with E-state index in [1.165, 1.54) is 57.8 Å². The third kappa shape index (κ3) is 10.7. The summed E-state index contributed by atoms with van der Waals surface area (Å²) in [6.45, 7) is 2.40. The summed E-state index contributed by atoms with van der Waals surface area (Å²) in [6.07, 6.45) is 13.3. The van der Waals surface area contributed by atoms with Crippen molar-refractivity contribution in [2.45, 2.75) is 76.5 Å². The second kappa shape index (κ2) is 16.9. The predicted molar refractivity (Wildman–Crippen MR) is 119 cm³/mol. The lowest BCUT2D eigenvalue weighted by molar-refractivity contribution is -0.193. The van der Waals surface area contributed by atoms with Crippen molar-refractivity contribution in [3.8, 4) is 0 Å². The van der Waals surface area contributed by atoms with Crippen LogP contribution in [-0.4, -0.2) is 12.3 Å². The Kier molecular flexibility index (Phi) is 14.3. The van der Waals surface area contributed by atoms with Gasteiger partial charge in [-0.05, 0) is 48.1 Å². The lowest BCUT2D eigenvalue weighted by atomic mass is 9.76. The number of hydrogen-bond donors (Lipinski definition) is 0. The summed E-state index contributed by atoms with van der Waals surface area (Å²) >= 11 is 0. The van der Waals surface area contributed by atoms with E-state index in [1.807, 2.05) is 0 Å². The van der Waals surface area contributed by atoms with Crippen molar-refractivity contribution in [3.05, 3.63) is 71.8 Å². The van der Waals surface area contributed by atoms with Crippen molar-refractivity contribution in [1.82, 2.24) is 0 Å². The summed E-state index contributed by atoms with van der Waals surface area (Å²) in [5.41, 5.74) is 3.10. The highest BCUT2D eigenvalue weighted by atomic mass is 16.2. The van der Waals surface area contributed by atoms with E-state index < -0.39 is 0 Å². The Balaban J connectivity index is 0.000000249. The Bertz CT molecular complexity index is 742. The van der Waals surface area contributed by atoms with Crippen LogP contribution in [0.3, 0.4) is 0 Å². The molecule has 0 amide bonds. The molecule has 0 bridgehead atoms. The van der Waals surface area contributed by atoms with Gasteiger partial charge >= 0.3 is 12.3 Å². The number of benzene rings is 2.